The van der Waals surface area contributed by atoms with Gasteiger partial charge in [0, 0.05) is 5.56 Å². The Labute approximate surface area is 222 Å². The fourth-order valence-corrected chi connectivity index (χ4v) is 3.56. The Morgan fingerprint density at radius 3 is 2.63 bits per heavy atom. The number of nitrogens with one attached hydrogen (secondary N) is 3. The van der Waals surface area contributed by atoms with Gasteiger partial charge in [-0.2, -0.15) is 10.4 Å². The fraction of sp³-hybridized carbons (Fsp3) is 0.0741. The van der Waals surface area contributed by atoms with Crippen molar-refractivity contribution in [3.63, 3.8) is 0 Å². The van der Waals surface area contributed by atoms with Crippen LogP contribution in [0.2, 0.25) is 5.02 Å². The van der Waals surface area contributed by atoms with Crippen LogP contribution >= 0.6 is 11.6 Å². The number of halogens is 1. The highest BCUT2D eigenvalue weighted by molar-refractivity contribution is 6.33. The minimum Gasteiger partial charge on any atom is -0.493 e. The van der Waals surface area contributed by atoms with Crippen LogP contribution in [0.25, 0.3) is 11.3 Å². The zero-order valence-corrected chi connectivity index (χ0v) is 20.8. The largest absolute Gasteiger partial charge is 0.493 e. The number of para-hydroxylation sites is 1. The predicted octanol–water partition coefficient (Wildman–Crippen LogP) is 4.43. The van der Waals surface area contributed by atoms with E-state index in [2.05, 4.69) is 25.8 Å². The maximum Gasteiger partial charge on any atom is 0.270 e. The number of hydrogen-bond donors (Lipinski definition) is 3. The lowest BCUT2D eigenvalue weighted by Gasteiger charge is -2.12. The summed E-state index contributed by atoms with van der Waals surface area (Å²) >= 11 is 6.06. The van der Waals surface area contributed by atoms with Crippen molar-refractivity contribution in [3.8, 4) is 28.8 Å². The highest BCUT2D eigenvalue weighted by atomic mass is 35.5. The maximum absolute atomic E-state index is 12.4. The Balaban J connectivity index is 1.43. The number of rotatable bonds is 9. The van der Waals surface area contributed by atoms with Crippen molar-refractivity contribution >= 4 is 35.4 Å². The summed E-state index contributed by atoms with van der Waals surface area (Å²) in [6, 6.07) is 22.7. The SMILES string of the molecule is COc1cc(C=NNc2nc(-c3ccccc3)c(C#N)c(=O)[nH]2)ccc1OCC(=O)Nc1ccccc1Cl. The van der Waals surface area contributed by atoms with Gasteiger partial charge in [-0.3, -0.25) is 14.6 Å². The van der Waals surface area contributed by atoms with Crippen molar-refractivity contribution in [3.05, 3.63) is 99.3 Å². The number of hydrogen-bond acceptors (Lipinski definition) is 8. The summed E-state index contributed by atoms with van der Waals surface area (Å²) in [5.74, 6) is 0.433. The summed E-state index contributed by atoms with van der Waals surface area (Å²) in [7, 11) is 1.47. The number of amides is 1. The Morgan fingerprint density at radius 2 is 1.89 bits per heavy atom. The molecule has 11 heteroatoms. The van der Waals surface area contributed by atoms with E-state index in [1.165, 1.54) is 13.3 Å². The summed E-state index contributed by atoms with van der Waals surface area (Å²) in [5.41, 5.74) is 4.00. The van der Waals surface area contributed by atoms with E-state index >= 15 is 0 Å². The number of carbonyl (C=O) groups is 1. The molecule has 10 nitrogen and oxygen atoms in total. The highest BCUT2D eigenvalue weighted by Crippen LogP contribution is 2.28. The van der Waals surface area contributed by atoms with Gasteiger partial charge in [-0.1, -0.05) is 54.1 Å². The molecule has 0 bridgehead atoms. The molecule has 38 heavy (non-hydrogen) atoms. The number of benzene rings is 3. The third-order valence-corrected chi connectivity index (χ3v) is 5.49. The molecule has 4 aromatic rings. The lowest BCUT2D eigenvalue weighted by molar-refractivity contribution is -0.118. The average molecular weight is 529 g/mol. The van der Waals surface area contributed by atoms with Gasteiger partial charge in [-0.05, 0) is 35.9 Å². The number of anilines is 2. The first-order valence-electron chi connectivity index (χ1n) is 11.2. The molecule has 0 fully saturated rings. The smallest absolute Gasteiger partial charge is 0.270 e. The predicted molar refractivity (Wildman–Crippen MR) is 145 cm³/mol. The quantitative estimate of drug-likeness (QED) is 0.215. The number of aromatic nitrogens is 2. The normalized spacial score (nSPS) is 10.6. The molecule has 0 aliphatic rings. The molecule has 3 aromatic carbocycles. The van der Waals surface area contributed by atoms with E-state index in [0.29, 0.717) is 33.3 Å². The van der Waals surface area contributed by atoms with Gasteiger partial charge in [-0.15, -0.1) is 0 Å². The summed E-state index contributed by atoms with van der Waals surface area (Å²) in [5, 5.41) is 16.6. The Bertz CT molecular complexity index is 1580. The molecular formula is C27H21ClN6O4. The van der Waals surface area contributed by atoms with Crippen molar-refractivity contribution in [1.82, 2.24) is 9.97 Å². The molecule has 0 spiro atoms. The number of aromatic amines is 1. The second kappa shape index (κ2) is 12.2. The highest BCUT2D eigenvalue weighted by Gasteiger charge is 2.13. The molecule has 1 amide bonds. The number of carbonyl (C=O) groups excluding carboxylic acids is 1. The number of nitrogens with zero attached hydrogens (tertiary/aromatic N) is 3. The molecular weight excluding hydrogens is 508 g/mol. The van der Waals surface area contributed by atoms with E-state index in [-0.39, 0.29) is 29.7 Å². The van der Waals surface area contributed by atoms with Gasteiger partial charge in [0.2, 0.25) is 5.95 Å². The maximum atomic E-state index is 12.4. The molecule has 0 unspecified atom stereocenters. The van der Waals surface area contributed by atoms with E-state index in [9.17, 15) is 14.9 Å². The van der Waals surface area contributed by atoms with Crippen LogP contribution in [0.3, 0.4) is 0 Å². The Kier molecular flexibility index (Phi) is 8.33. The molecule has 1 aromatic heterocycles. The van der Waals surface area contributed by atoms with Gasteiger partial charge in [0.15, 0.2) is 18.1 Å². The molecule has 190 valence electrons. The first-order chi connectivity index (χ1) is 18.5. The monoisotopic (exact) mass is 528 g/mol. The van der Waals surface area contributed by atoms with E-state index < -0.39 is 5.56 Å². The van der Waals surface area contributed by atoms with Crippen molar-refractivity contribution in [1.29, 1.82) is 5.26 Å². The molecule has 0 saturated heterocycles. The Hall–Kier alpha value is -5.14. The molecule has 0 aliphatic carbocycles. The molecule has 0 atom stereocenters. The second-order valence-electron chi connectivity index (χ2n) is 7.71. The van der Waals surface area contributed by atoms with Crippen LogP contribution in [0.4, 0.5) is 11.6 Å². The van der Waals surface area contributed by atoms with Gasteiger partial charge < -0.3 is 14.8 Å². The van der Waals surface area contributed by atoms with Gasteiger partial charge >= 0.3 is 0 Å². The van der Waals surface area contributed by atoms with Crippen LogP contribution in [0.5, 0.6) is 11.5 Å². The summed E-state index contributed by atoms with van der Waals surface area (Å²) < 4.78 is 11.0. The van der Waals surface area contributed by atoms with Gasteiger partial charge in [0.1, 0.15) is 11.6 Å². The van der Waals surface area contributed by atoms with Crippen LogP contribution < -0.4 is 25.8 Å². The zero-order valence-electron chi connectivity index (χ0n) is 20.1. The van der Waals surface area contributed by atoms with E-state index in [4.69, 9.17) is 21.1 Å². The summed E-state index contributed by atoms with van der Waals surface area (Å²) in [4.78, 5) is 31.5. The number of methoxy groups -OCH3 is 1. The third kappa shape index (κ3) is 6.34. The van der Waals surface area contributed by atoms with Crippen molar-refractivity contribution in [2.45, 2.75) is 0 Å². The second-order valence-corrected chi connectivity index (χ2v) is 8.12. The lowest BCUT2D eigenvalue weighted by Crippen LogP contribution is -2.20. The number of hydrazone groups is 1. The fourth-order valence-electron chi connectivity index (χ4n) is 3.38. The average Bonchev–Trinajstić information content (AvgIpc) is 2.93. The molecule has 0 radical (unpaired) electrons. The van der Waals surface area contributed by atoms with Crippen LogP contribution in [-0.2, 0) is 4.79 Å². The molecule has 3 N–H and O–H groups in total. The number of nitriles is 1. The van der Waals surface area contributed by atoms with Crippen molar-refractivity contribution in [2.75, 3.05) is 24.5 Å². The standard InChI is InChI=1S/C27H21ClN6O4/c1-37-23-13-17(11-12-22(23)38-16-24(35)31-21-10-6-5-9-20(21)28)15-30-34-27-32-25(18-7-3-2-4-8-18)19(14-29)26(36)33-27/h2-13,15H,16H2,1H3,(H,31,35)(H2,32,33,34,36). The van der Waals surface area contributed by atoms with Gasteiger partial charge in [0.05, 0.1) is 29.7 Å². The summed E-state index contributed by atoms with van der Waals surface area (Å²) in [6.07, 6.45) is 1.48. The van der Waals surface area contributed by atoms with E-state index in [1.54, 1.807) is 66.7 Å². The molecule has 0 saturated carbocycles. The van der Waals surface area contributed by atoms with Crippen LogP contribution in [0.15, 0.2) is 82.7 Å². The number of ether oxygens (including phenoxy) is 2. The summed E-state index contributed by atoms with van der Waals surface area (Å²) in [6.45, 7) is -0.252. The lowest BCUT2D eigenvalue weighted by atomic mass is 10.1. The minimum atomic E-state index is -0.583. The van der Waals surface area contributed by atoms with Crippen molar-refractivity contribution < 1.29 is 14.3 Å². The van der Waals surface area contributed by atoms with E-state index in [1.807, 2.05) is 12.1 Å². The minimum absolute atomic E-state index is 0.0700. The van der Waals surface area contributed by atoms with Crippen LogP contribution in [0.1, 0.15) is 11.1 Å². The third-order valence-electron chi connectivity index (χ3n) is 5.16. The van der Waals surface area contributed by atoms with Crippen LogP contribution in [0, 0.1) is 11.3 Å². The van der Waals surface area contributed by atoms with Crippen molar-refractivity contribution in [2.24, 2.45) is 5.10 Å². The van der Waals surface area contributed by atoms with Gasteiger partial charge in [0.25, 0.3) is 11.5 Å². The Morgan fingerprint density at radius 1 is 1.13 bits per heavy atom. The molecule has 0 aliphatic heterocycles. The van der Waals surface area contributed by atoms with Gasteiger partial charge in [-0.25, -0.2) is 10.4 Å². The van der Waals surface area contributed by atoms with Crippen LogP contribution in [-0.4, -0.2) is 35.8 Å². The first kappa shape index (κ1) is 25.9. The number of H-pyrrole nitrogens is 1. The molecule has 1 heterocycles. The van der Waals surface area contributed by atoms with E-state index in [0.717, 1.165) is 0 Å². The molecule has 4 rings (SSSR count). The topological polar surface area (TPSA) is 141 Å². The zero-order chi connectivity index (χ0) is 26.9. The first-order valence-corrected chi connectivity index (χ1v) is 11.6.